The molecule has 1 aromatic carbocycles. The Kier molecular flexibility index (Phi) is 26.9. The van der Waals surface area contributed by atoms with Crippen molar-refractivity contribution in [2.75, 3.05) is 14.2 Å². The second kappa shape index (κ2) is 29.4. The predicted molar refractivity (Wildman–Crippen MR) is 184 cm³/mol. The highest BCUT2D eigenvalue weighted by Gasteiger charge is 2.10. The van der Waals surface area contributed by atoms with Gasteiger partial charge in [-0.25, -0.2) is 0 Å². The van der Waals surface area contributed by atoms with Crippen LogP contribution in [0.15, 0.2) is 24.3 Å². The number of benzene rings is 1. The third kappa shape index (κ3) is 22.0. The molecule has 0 radical (unpaired) electrons. The van der Waals surface area contributed by atoms with E-state index < -0.39 is 0 Å². The number of rotatable bonds is 31. The van der Waals surface area contributed by atoms with Crippen LogP contribution >= 0.6 is 0 Å². The summed E-state index contributed by atoms with van der Waals surface area (Å²) in [4.78, 5) is 0. The van der Waals surface area contributed by atoms with Crippen molar-refractivity contribution in [3.05, 3.63) is 29.8 Å². The number of unbranched alkanes of at least 4 members (excludes halogenated alkanes) is 25. The summed E-state index contributed by atoms with van der Waals surface area (Å²) in [5.41, 5.74) is 0.925. The van der Waals surface area contributed by atoms with E-state index >= 15 is 0 Å². The van der Waals surface area contributed by atoms with Gasteiger partial charge >= 0.3 is 0 Å². The molecule has 0 aromatic heterocycles. The maximum absolute atomic E-state index is 10.3. The fourth-order valence-electron chi connectivity index (χ4n) is 5.96. The number of hydrogen-bond donors (Lipinski definition) is 1. The largest absolute Gasteiger partial charge is 0.504 e. The topological polar surface area (TPSA) is 38.7 Å². The van der Waals surface area contributed by atoms with Gasteiger partial charge in [-0.1, -0.05) is 160 Å². The van der Waals surface area contributed by atoms with Crippen molar-refractivity contribution in [3.8, 4) is 17.2 Å². The first-order chi connectivity index (χ1) is 20.7. The van der Waals surface area contributed by atoms with E-state index in [1.54, 1.807) is 20.3 Å². The molecule has 0 aliphatic heterocycles. The van der Waals surface area contributed by atoms with Crippen LogP contribution in [0.2, 0.25) is 0 Å². The highest BCUT2D eigenvalue weighted by Crippen LogP contribution is 2.35. The van der Waals surface area contributed by atoms with Gasteiger partial charge in [-0.05, 0) is 44.6 Å². The van der Waals surface area contributed by atoms with Gasteiger partial charge in [0, 0.05) is 11.6 Å². The standard InChI is InChI=1S/C39H70O3/c1-4-5-6-7-8-9-10-11-12-13-14-15-16-17-18-19-20-21-22-23-24-25-26-27-28-29-30-31-32-33-36-34-37(41-2)35-38(42-3)39(36)40/h11-12,34-35,40H,4-10,13-33H2,1-3H3/b12-11+. The smallest absolute Gasteiger partial charge is 0.164 e. The Balaban J connectivity index is 1.76. The molecule has 1 rings (SSSR count). The number of phenols is 1. The molecule has 3 nitrogen and oxygen atoms in total. The quantitative estimate of drug-likeness (QED) is 0.0694. The van der Waals surface area contributed by atoms with Crippen LogP contribution in [0, 0.1) is 0 Å². The van der Waals surface area contributed by atoms with E-state index in [2.05, 4.69) is 19.1 Å². The van der Waals surface area contributed by atoms with Crippen molar-refractivity contribution in [3.63, 3.8) is 0 Å². The Bertz CT molecular complexity index is 741. The number of aryl methyl sites for hydroxylation is 1. The molecule has 0 heterocycles. The van der Waals surface area contributed by atoms with E-state index in [0.717, 1.165) is 24.2 Å². The normalized spacial score (nSPS) is 11.5. The number of methoxy groups -OCH3 is 2. The third-order valence-corrected chi connectivity index (χ3v) is 8.79. The maximum Gasteiger partial charge on any atom is 0.164 e. The van der Waals surface area contributed by atoms with Gasteiger partial charge in [0.25, 0.3) is 0 Å². The van der Waals surface area contributed by atoms with Gasteiger partial charge in [0.1, 0.15) is 5.75 Å². The zero-order valence-electron chi connectivity index (χ0n) is 28.4. The van der Waals surface area contributed by atoms with Crippen molar-refractivity contribution in [2.24, 2.45) is 0 Å². The van der Waals surface area contributed by atoms with Gasteiger partial charge < -0.3 is 14.6 Å². The summed E-state index contributed by atoms with van der Waals surface area (Å²) in [6.07, 6.45) is 43.1. The summed E-state index contributed by atoms with van der Waals surface area (Å²) in [5.74, 6) is 1.50. The van der Waals surface area contributed by atoms with E-state index in [1.165, 1.54) is 167 Å². The van der Waals surface area contributed by atoms with Crippen molar-refractivity contribution in [1.82, 2.24) is 0 Å². The van der Waals surface area contributed by atoms with Crippen molar-refractivity contribution < 1.29 is 14.6 Å². The lowest BCUT2D eigenvalue weighted by Crippen LogP contribution is -1.94. The number of aromatic hydroxyl groups is 1. The van der Waals surface area contributed by atoms with Crippen molar-refractivity contribution >= 4 is 0 Å². The van der Waals surface area contributed by atoms with Gasteiger partial charge in [-0.2, -0.15) is 0 Å². The fraction of sp³-hybridized carbons (Fsp3) is 0.795. The molecule has 0 spiro atoms. The molecule has 0 saturated heterocycles. The molecular formula is C39H70O3. The third-order valence-electron chi connectivity index (χ3n) is 8.79. The molecule has 0 bridgehead atoms. The van der Waals surface area contributed by atoms with Crippen LogP contribution in [0.1, 0.15) is 186 Å². The Morgan fingerprint density at radius 3 is 1.26 bits per heavy atom. The summed E-state index contributed by atoms with van der Waals surface area (Å²) in [5, 5.41) is 10.3. The lowest BCUT2D eigenvalue weighted by molar-refractivity contribution is 0.360. The monoisotopic (exact) mass is 587 g/mol. The molecule has 1 aromatic rings. The number of hydrogen-bond acceptors (Lipinski definition) is 3. The van der Waals surface area contributed by atoms with Crippen molar-refractivity contribution in [1.29, 1.82) is 0 Å². The Morgan fingerprint density at radius 2 is 0.881 bits per heavy atom. The van der Waals surface area contributed by atoms with E-state index in [-0.39, 0.29) is 5.75 Å². The van der Waals surface area contributed by atoms with E-state index in [0.29, 0.717) is 5.75 Å². The molecule has 0 amide bonds. The summed E-state index contributed by atoms with van der Waals surface area (Å²) in [6.45, 7) is 2.29. The molecule has 0 saturated carbocycles. The molecule has 0 aliphatic rings. The minimum atomic E-state index is 0.261. The maximum atomic E-state index is 10.3. The fourth-order valence-corrected chi connectivity index (χ4v) is 5.96. The van der Waals surface area contributed by atoms with Gasteiger partial charge in [0.2, 0.25) is 0 Å². The highest BCUT2D eigenvalue weighted by molar-refractivity contribution is 5.50. The van der Waals surface area contributed by atoms with E-state index in [1.807, 2.05) is 6.07 Å². The molecule has 0 atom stereocenters. The van der Waals surface area contributed by atoms with E-state index in [9.17, 15) is 5.11 Å². The van der Waals surface area contributed by atoms with Crippen molar-refractivity contribution in [2.45, 2.75) is 187 Å². The molecule has 3 heteroatoms. The van der Waals surface area contributed by atoms with Crippen LogP contribution in [0.5, 0.6) is 17.2 Å². The molecule has 42 heavy (non-hydrogen) atoms. The molecule has 0 fully saturated rings. The number of phenolic OH excluding ortho intramolecular Hbond substituents is 1. The number of allylic oxidation sites excluding steroid dienone is 2. The molecule has 1 N–H and O–H groups in total. The molecule has 0 unspecified atom stereocenters. The predicted octanol–water partition coefficient (Wildman–Crippen LogP) is 13.1. The van der Waals surface area contributed by atoms with Crippen LogP contribution in [-0.2, 0) is 6.42 Å². The van der Waals surface area contributed by atoms with Crippen LogP contribution < -0.4 is 9.47 Å². The first kappa shape index (κ1) is 38.4. The SMILES string of the molecule is CCCCCCCC/C=C/CCCCCCCCCCCCCCCCCCCCCc1cc(OC)cc(OC)c1O. The van der Waals surface area contributed by atoms with Crippen LogP contribution in [0.25, 0.3) is 0 Å². The zero-order chi connectivity index (χ0) is 30.4. The second-order valence-corrected chi connectivity index (χ2v) is 12.6. The Morgan fingerprint density at radius 1 is 0.500 bits per heavy atom. The Labute approximate surface area is 262 Å². The van der Waals surface area contributed by atoms with Crippen LogP contribution in [0.4, 0.5) is 0 Å². The summed E-state index contributed by atoms with van der Waals surface area (Å²) >= 11 is 0. The molecular weight excluding hydrogens is 516 g/mol. The van der Waals surface area contributed by atoms with Gasteiger partial charge in [-0.3, -0.25) is 0 Å². The summed E-state index contributed by atoms with van der Waals surface area (Å²) in [7, 11) is 3.23. The lowest BCUT2D eigenvalue weighted by atomic mass is 10.0. The highest BCUT2D eigenvalue weighted by atomic mass is 16.5. The molecule has 0 aliphatic carbocycles. The molecule has 244 valence electrons. The summed E-state index contributed by atoms with van der Waals surface area (Å²) in [6, 6.07) is 3.66. The average Bonchev–Trinajstić information content (AvgIpc) is 3.01. The second-order valence-electron chi connectivity index (χ2n) is 12.6. The van der Waals surface area contributed by atoms with Crippen LogP contribution in [-0.4, -0.2) is 19.3 Å². The van der Waals surface area contributed by atoms with Gasteiger partial charge in [-0.15, -0.1) is 0 Å². The minimum absolute atomic E-state index is 0.261. The minimum Gasteiger partial charge on any atom is -0.504 e. The average molecular weight is 587 g/mol. The first-order valence-corrected chi connectivity index (χ1v) is 18.3. The number of ether oxygens (including phenoxy) is 2. The summed E-state index contributed by atoms with van der Waals surface area (Å²) < 4.78 is 10.6. The lowest BCUT2D eigenvalue weighted by Gasteiger charge is -2.11. The first-order valence-electron chi connectivity index (χ1n) is 18.3. The van der Waals surface area contributed by atoms with Gasteiger partial charge in [0.05, 0.1) is 14.2 Å². The van der Waals surface area contributed by atoms with E-state index in [4.69, 9.17) is 9.47 Å². The Hall–Kier alpha value is -1.64. The van der Waals surface area contributed by atoms with Crippen LogP contribution in [0.3, 0.4) is 0 Å². The zero-order valence-corrected chi connectivity index (χ0v) is 28.4. The van der Waals surface area contributed by atoms with Gasteiger partial charge in [0.15, 0.2) is 11.5 Å².